The summed E-state index contributed by atoms with van der Waals surface area (Å²) >= 11 is 0. The van der Waals surface area contributed by atoms with Gasteiger partial charge in [0.15, 0.2) is 9.92 Å². The minimum atomic E-state index is -3.89. The van der Waals surface area contributed by atoms with E-state index in [1.54, 1.807) is 0 Å². The summed E-state index contributed by atoms with van der Waals surface area (Å²) < 4.78 is 34.7. The smallest absolute Gasteiger partial charge is 0.331 e. The van der Waals surface area contributed by atoms with Crippen molar-refractivity contribution in [1.82, 2.24) is 15.6 Å². The zero-order chi connectivity index (χ0) is 25.0. The molecule has 0 radical (unpaired) electrons. The number of anilines is 1. The van der Waals surface area contributed by atoms with Crippen LogP contribution in [0.25, 0.3) is 0 Å². The topological polar surface area (TPSA) is 213 Å². The van der Waals surface area contributed by atoms with Crippen LogP contribution >= 0.6 is 0 Å². The zero-order valence-electron chi connectivity index (χ0n) is 19.2. The van der Waals surface area contributed by atoms with E-state index in [1.165, 1.54) is 11.1 Å². The Morgan fingerprint density at radius 2 is 1.97 bits per heavy atom. The second kappa shape index (κ2) is 10.5. The molecule has 1 saturated heterocycles. The Labute approximate surface area is 203 Å². The summed E-state index contributed by atoms with van der Waals surface area (Å²) in [7, 11) is -3.89. The number of benzene rings is 1. The van der Waals surface area contributed by atoms with Crippen LogP contribution in [0.1, 0.15) is 35.1 Å². The molecular formula is C21H31N9O4S. The van der Waals surface area contributed by atoms with Gasteiger partial charge < -0.3 is 31.3 Å². The molecule has 3 aliphatic rings. The monoisotopic (exact) mass is 505 g/mol. The number of carbonyl (C=O) groups is 1. The van der Waals surface area contributed by atoms with Crippen molar-refractivity contribution in [2.45, 2.75) is 44.6 Å². The molecule has 35 heavy (non-hydrogen) atoms. The summed E-state index contributed by atoms with van der Waals surface area (Å²) in [6.07, 6.45) is 6.13. The lowest BCUT2D eigenvalue weighted by Gasteiger charge is -2.28. The SMILES string of the molecule is N=C/C(=C1\NCC(OC/C(N)=N/NN)CO1)S(=N)(=O)NC(=O)Nc1c2c(cc3c1CCC3)CCC2. The summed E-state index contributed by atoms with van der Waals surface area (Å²) in [5.41, 5.74) is 13.2. The minimum Gasteiger partial charge on any atom is -0.475 e. The number of hydrogen-bond acceptors (Lipinski definition) is 10. The number of carbonyl (C=O) groups excluding carboxylic acids is 1. The van der Waals surface area contributed by atoms with E-state index in [9.17, 15) is 9.00 Å². The van der Waals surface area contributed by atoms with Crippen molar-refractivity contribution in [1.29, 1.82) is 10.2 Å². The first-order valence-corrected chi connectivity index (χ1v) is 12.9. The molecular weight excluding hydrogens is 474 g/mol. The number of nitrogens with one attached hydrogen (secondary N) is 6. The van der Waals surface area contributed by atoms with Crippen molar-refractivity contribution < 1.29 is 18.5 Å². The number of aryl methyl sites for hydroxylation is 2. The van der Waals surface area contributed by atoms with E-state index in [-0.39, 0.29) is 36.4 Å². The lowest BCUT2D eigenvalue weighted by molar-refractivity contribution is -0.00796. The molecule has 0 spiro atoms. The van der Waals surface area contributed by atoms with Gasteiger partial charge in [0.25, 0.3) is 0 Å². The highest BCUT2D eigenvalue weighted by molar-refractivity contribution is 7.95. The standard InChI is InChI=1S/C21H31N9O4S/c22-8-17(20-26-9-14(10-34-20)33-11-18(23)28-30-24)35(25,32)29-21(31)27-19-15-5-1-3-12(15)7-13-4-2-6-16(13)19/h7-8,14,22,26,30H,1-6,9-11,24H2,(H2,23,28)(H3,25,27,29,31,32)/b20-17-,22-8?. The fourth-order valence-electron chi connectivity index (χ4n) is 4.65. The van der Waals surface area contributed by atoms with Crippen LogP contribution in [0.4, 0.5) is 10.5 Å². The van der Waals surface area contributed by atoms with Crippen LogP contribution in [0.5, 0.6) is 0 Å². The Kier molecular flexibility index (Phi) is 7.42. The van der Waals surface area contributed by atoms with Crippen molar-refractivity contribution in [2.24, 2.45) is 16.7 Å². The normalized spacial score (nSPS) is 22.1. The number of nitrogens with two attached hydrogens (primary N) is 2. The molecule has 0 aromatic heterocycles. The van der Waals surface area contributed by atoms with Crippen LogP contribution in [0.2, 0.25) is 0 Å². The number of nitrogens with zero attached hydrogens (tertiary/aromatic N) is 1. The van der Waals surface area contributed by atoms with Crippen LogP contribution in [0.15, 0.2) is 22.0 Å². The number of fused-ring (bicyclic) bond motifs is 2. The van der Waals surface area contributed by atoms with Crippen LogP contribution in [-0.4, -0.2) is 48.2 Å². The van der Waals surface area contributed by atoms with Crippen LogP contribution in [0.3, 0.4) is 0 Å². The van der Waals surface area contributed by atoms with E-state index in [4.69, 9.17) is 31.2 Å². The van der Waals surface area contributed by atoms with Crippen molar-refractivity contribution in [3.8, 4) is 0 Å². The number of urea groups is 1. The van der Waals surface area contributed by atoms with E-state index in [0.29, 0.717) is 0 Å². The zero-order valence-corrected chi connectivity index (χ0v) is 20.1. The molecule has 2 unspecified atom stereocenters. The van der Waals surface area contributed by atoms with Gasteiger partial charge in [-0.2, -0.15) is 0 Å². The molecule has 1 aromatic rings. The number of allylic oxidation sites excluding steroid dienone is 1. The van der Waals surface area contributed by atoms with E-state index in [0.717, 1.165) is 61.6 Å². The Hall–Kier alpha value is -3.36. The number of rotatable bonds is 8. The Bertz CT molecular complexity index is 1140. The lowest BCUT2D eigenvalue weighted by atomic mass is 9.99. The number of amides is 2. The van der Waals surface area contributed by atoms with Crippen molar-refractivity contribution in [3.63, 3.8) is 0 Å². The Morgan fingerprint density at radius 1 is 1.29 bits per heavy atom. The first-order chi connectivity index (χ1) is 16.8. The summed E-state index contributed by atoms with van der Waals surface area (Å²) in [6.45, 7) is 0.327. The van der Waals surface area contributed by atoms with E-state index in [1.807, 2.05) is 0 Å². The van der Waals surface area contributed by atoms with Gasteiger partial charge in [-0.15, -0.1) is 5.10 Å². The summed E-state index contributed by atoms with van der Waals surface area (Å²) in [5, 5.41) is 17.0. The molecule has 2 amide bonds. The molecule has 13 nitrogen and oxygen atoms in total. The van der Waals surface area contributed by atoms with Crippen molar-refractivity contribution in [2.75, 3.05) is 25.1 Å². The van der Waals surface area contributed by atoms with Gasteiger partial charge in [-0.05, 0) is 60.8 Å². The van der Waals surface area contributed by atoms with Crippen LogP contribution < -0.4 is 32.5 Å². The average Bonchev–Trinajstić information content (AvgIpc) is 3.48. The first kappa shape index (κ1) is 24.8. The molecule has 14 heteroatoms. The van der Waals surface area contributed by atoms with Gasteiger partial charge in [-0.3, -0.25) is 0 Å². The molecule has 190 valence electrons. The first-order valence-electron chi connectivity index (χ1n) is 11.4. The molecule has 0 saturated carbocycles. The third kappa shape index (κ3) is 5.49. The number of amidine groups is 1. The Balaban J connectivity index is 1.42. The van der Waals surface area contributed by atoms with Gasteiger partial charge in [-0.1, -0.05) is 6.07 Å². The molecule has 1 heterocycles. The number of ether oxygens (including phenoxy) is 2. The molecule has 0 bridgehead atoms. The van der Waals surface area contributed by atoms with Crippen molar-refractivity contribution >= 4 is 33.7 Å². The maximum absolute atomic E-state index is 13.1. The van der Waals surface area contributed by atoms with E-state index >= 15 is 0 Å². The molecule has 1 aromatic carbocycles. The lowest BCUT2D eigenvalue weighted by Crippen LogP contribution is -2.43. The third-order valence-electron chi connectivity index (χ3n) is 6.19. The van der Waals surface area contributed by atoms with Crippen LogP contribution in [-0.2, 0) is 45.1 Å². The van der Waals surface area contributed by atoms with Gasteiger partial charge in [0.1, 0.15) is 30.1 Å². The van der Waals surface area contributed by atoms with Gasteiger partial charge in [0, 0.05) is 18.4 Å². The average molecular weight is 506 g/mol. The van der Waals surface area contributed by atoms with E-state index < -0.39 is 22.1 Å². The van der Waals surface area contributed by atoms with Crippen LogP contribution in [0, 0.1) is 10.2 Å². The molecule has 2 atom stereocenters. The number of hydrazine groups is 1. The largest absolute Gasteiger partial charge is 0.475 e. The maximum Gasteiger partial charge on any atom is 0.331 e. The fraction of sp³-hybridized carbons (Fsp3) is 0.476. The highest BCUT2D eigenvalue weighted by atomic mass is 32.2. The fourth-order valence-corrected chi connectivity index (χ4v) is 5.63. The highest BCUT2D eigenvalue weighted by Gasteiger charge is 2.28. The molecule has 10 N–H and O–H groups in total. The Morgan fingerprint density at radius 3 is 2.54 bits per heavy atom. The number of hydrazone groups is 1. The van der Waals surface area contributed by atoms with Gasteiger partial charge in [0.05, 0.1) is 0 Å². The molecule has 2 aliphatic carbocycles. The summed E-state index contributed by atoms with van der Waals surface area (Å²) in [6, 6.07) is 1.50. The number of hydrogen-bond donors (Lipinski definition) is 8. The highest BCUT2D eigenvalue weighted by Crippen LogP contribution is 2.38. The third-order valence-corrected chi connectivity index (χ3v) is 7.59. The van der Waals surface area contributed by atoms with Gasteiger partial charge >= 0.3 is 6.03 Å². The molecule has 1 fully saturated rings. The molecule has 4 rings (SSSR count). The second-order valence-electron chi connectivity index (χ2n) is 8.54. The summed E-state index contributed by atoms with van der Waals surface area (Å²) in [5.74, 6) is 5.18. The predicted molar refractivity (Wildman–Crippen MR) is 132 cm³/mol. The van der Waals surface area contributed by atoms with E-state index in [2.05, 4.69) is 32.1 Å². The summed E-state index contributed by atoms with van der Waals surface area (Å²) in [4.78, 5) is 12.6. The van der Waals surface area contributed by atoms with Gasteiger partial charge in [-0.25, -0.2) is 29.9 Å². The second-order valence-corrected chi connectivity index (χ2v) is 10.3. The van der Waals surface area contributed by atoms with Gasteiger partial charge in [0.2, 0.25) is 5.88 Å². The van der Waals surface area contributed by atoms with Crippen molar-refractivity contribution in [3.05, 3.63) is 39.1 Å². The molecule has 1 aliphatic heterocycles. The maximum atomic E-state index is 13.1. The quantitative estimate of drug-likeness (QED) is 0.106. The predicted octanol–water partition coefficient (Wildman–Crippen LogP) is 0.306. The minimum absolute atomic E-state index is 0.0141.